The number of amides is 7. The van der Waals surface area contributed by atoms with Crippen molar-refractivity contribution < 1.29 is 71.2 Å². The predicted octanol–water partition coefficient (Wildman–Crippen LogP) is 8.93. The monoisotopic (exact) mass is 1430 g/mol. The van der Waals surface area contributed by atoms with Crippen LogP contribution in [-0.4, -0.2) is 179 Å². The Kier molecular flexibility index (Phi) is 25.3. The van der Waals surface area contributed by atoms with E-state index in [4.69, 9.17) is 46.0 Å². The number of nitrogens with two attached hydrogens (primary N) is 1. The molecule has 5 heterocycles. The molecule has 2 unspecified atom stereocenters. The van der Waals surface area contributed by atoms with E-state index >= 15 is 0 Å². The van der Waals surface area contributed by atoms with Gasteiger partial charge in [-0.2, -0.15) is 0 Å². The first-order chi connectivity index (χ1) is 49.1. The summed E-state index contributed by atoms with van der Waals surface area (Å²) in [6, 6.07) is 30.8. The van der Waals surface area contributed by atoms with E-state index in [1.165, 1.54) is 41.9 Å². The second-order valence-corrected chi connectivity index (χ2v) is 26.6. The Balaban J connectivity index is 0.742. The first-order valence-electron chi connectivity index (χ1n) is 33.3. The zero-order valence-electron chi connectivity index (χ0n) is 57.1. The van der Waals surface area contributed by atoms with Crippen molar-refractivity contribution in [3.05, 3.63) is 173 Å². The molecule has 0 saturated carbocycles. The zero-order chi connectivity index (χ0) is 72.5. The van der Waals surface area contributed by atoms with Gasteiger partial charge in [-0.3, -0.25) is 33.8 Å². The number of methoxy groups -OCH3 is 1. The number of nitrogens with one attached hydrogen (secondary N) is 4. The minimum atomic E-state index is -1.44. The molecule has 102 heavy (non-hydrogen) atoms. The molecule has 3 aromatic heterocycles. The standard InChI is InChI=1S/C74H80ClFN12O13S/c1-45(2)66(85-60(89)29-38-98-39-35-87-61(90)26-27-62(87)91)70(93)84-55(13-10-30-79-74(77)96)69(92)83-51-22-16-47(17-23-51)42-88(4)36-32-86(33-37-88)34-40-99-58-25-24-53(46(3)65(58)75)63-64-71(80-44-81-72(64)102-67(63)48-18-20-50(76)21-19-48)101-59(73(94)95)41-49-11-6-8-14-56(49)100-43-52-28-31-78-68(82-52)54-12-7-9-15-57(54)97-5/h6-9,11-12,14-28,31,44-45,55,59,66H,10,13,29-30,32-43H2,1-5H3,(H6-,77,79,83,84,85,89,92,93,94,95,96)/p+1/t55?,59-,66?/m1/s1. The van der Waals surface area contributed by atoms with Gasteiger partial charge < -0.3 is 60.3 Å². The Morgan fingerprint density at radius 3 is 2.25 bits per heavy atom. The average Bonchev–Trinajstić information content (AvgIpc) is 1.55. The quantitative estimate of drug-likeness (QED) is 0.0124. The Labute approximate surface area is 598 Å². The van der Waals surface area contributed by atoms with E-state index in [0.29, 0.717) is 108 Å². The first-order valence-corrected chi connectivity index (χ1v) is 34.5. The number of carbonyl (C=O) groups excluding carboxylic acids is 6. The lowest BCUT2D eigenvalue weighted by Crippen LogP contribution is -2.57. The van der Waals surface area contributed by atoms with Crippen LogP contribution in [0.3, 0.4) is 0 Å². The van der Waals surface area contributed by atoms with Crippen LogP contribution in [0.1, 0.15) is 55.5 Å². The molecular formula is C74H81ClFN12O13S+. The predicted molar refractivity (Wildman–Crippen MR) is 382 cm³/mol. The van der Waals surface area contributed by atoms with Crippen molar-refractivity contribution in [2.75, 3.05) is 85.1 Å². The third kappa shape index (κ3) is 19.3. The highest BCUT2D eigenvalue weighted by atomic mass is 35.5. The fraction of sp³-hybridized carbons (Fsp3) is 0.338. The third-order valence-electron chi connectivity index (χ3n) is 17.6. The summed E-state index contributed by atoms with van der Waals surface area (Å²) in [5.41, 5.74) is 11.3. The molecule has 10 rings (SSSR count). The number of fused-ring (bicyclic) bond motifs is 1. The smallest absolute Gasteiger partial charge is 0.345 e. The van der Waals surface area contributed by atoms with Crippen LogP contribution in [0.4, 0.5) is 14.9 Å². The molecule has 2 aliphatic rings. The van der Waals surface area contributed by atoms with Gasteiger partial charge in [0.05, 0.1) is 68.7 Å². The lowest BCUT2D eigenvalue weighted by Gasteiger charge is -2.42. The second kappa shape index (κ2) is 34.8. The second-order valence-electron chi connectivity index (χ2n) is 25.2. The fourth-order valence-corrected chi connectivity index (χ4v) is 13.3. The molecule has 1 saturated heterocycles. The number of imide groups is 1. The van der Waals surface area contributed by atoms with Gasteiger partial charge in [0.15, 0.2) is 5.82 Å². The molecule has 8 aromatic rings. The number of hydrogen-bond acceptors (Lipinski definition) is 18. The molecule has 1 fully saturated rings. The van der Waals surface area contributed by atoms with Gasteiger partial charge in [-0.05, 0) is 103 Å². The maximum atomic E-state index is 14.5. The highest BCUT2D eigenvalue weighted by Crippen LogP contribution is 2.50. The molecule has 3 atom stereocenters. The number of aromatic nitrogens is 4. The van der Waals surface area contributed by atoms with Crippen molar-refractivity contribution in [1.82, 2.24) is 45.7 Å². The molecule has 0 spiro atoms. The topological polar surface area (TPSA) is 318 Å². The molecule has 0 radical (unpaired) electrons. The number of carbonyl (C=O) groups is 7. The van der Waals surface area contributed by atoms with E-state index in [1.54, 1.807) is 75.7 Å². The number of primary amides is 1. The molecular weight excluding hydrogens is 1350 g/mol. The van der Waals surface area contributed by atoms with Gasteiger partial charge in [0.2, 0.25) is 29.7 Å². The number of nitrogens with zero attached hydrogens (tertiary/aromatic N) is 7. The van der Waals surface area contributed by atoms with Gasteiger partial charge in [0.1, 0.15) is 66.1 Å². The third-order valence-corrected chi connectivity index (χ3v) is 19.2. The molecule has 534 valence electrons. The highest BCUT2D eigenvalue weighted by Gasteiger charge is 2.33. The summed E-state index contributed by atoms with van der Waals surface area (Å²) in [4.78, 5) is 112. The molecule has 7 amide bonds. The van der Waals surface area contributed by atoms with E-state index in [2.05, 4.69) is 48.2 Å². The van der Waals surface area contributed by atoms with Crippen LogP contribution < -0.4 is 45.9 Å². The van der Waals surface area contributed by atoms with Crippen molar-refractivity contribution in [2.24, 2.45) is 11.7 Å². The fourth-order valence-electron chi connectivity index (χ4n) is 11.9. The molecule has 5 aromatic carbocycles. The number of piperazine rings is 1. The molecule has 0 bridgehead atoms. The van der Waals surface area contributed by atoms with Crippen molar-refractivity contribution >= 4 is 80.4 Å². The number of para-hydroxylation sites is 2. The summed E-state index contributed by atoms with van der Waals surface area (Å²) < 4.78 is 45.4. The summed E-state index contributed by atoms with van der Waals surface area (Å²) >= 11 is 8.57. The minimum Gasteiger partial charge on any atom is -0.496 e. The van der Waals surface area contributed by atoms with Gasteiger partial charge in [-0.15, -0.1) is 11.3 Å². The van der Waals surface area contributed by atoms with Crippen molar-refractivity contribution in [1.29, 1.82) is 0 Å². The number of quaternary nitrogens is 1. The number of aliphatic carboxylic acids is 1. The number of urea groups is 1. The van der Waals surface area contributed by atoms with Crippen molar-refractivity contribution in [2.45, 2.75) is 77.8 Å². The average molecular weight is 1430 g/mol. The number of anilines is 1. The van der Waals surface area contributed by atoms with Crippen LogP contribution in [0.15, 0.2) is 140 Å². The van der Waals surface area contributed by atoms with Crippen LogP contribution >= 0.6 is 22.9 Å². The number of carboxylic acids is 1. The first kappa shape index (κ1) is 74.2. The summed E-state index contributed by atoms with van der Waals surface area (Å²) in [7, 11) is 3.79. The number of likely N-dealkylation sites (N-methyl/N-ethyl adjacent to an activating group) is 1. The number of halogens is 2. The van der Waals surface area contributed by atoms with E-state index in [1.807, 2.05) is 61.5 Å². The van der Waals surface area contributed by atoms with Crippen LogP contribution in [-0.2, 0) is 53.1 Å². The van der Waals surface area contributed by atoms with E-state index < -0.39 is 65.5 Å². The normalized spacial score (nSPS) is 14.5. The molecule has 25 nitrogen and oxygen atoms in total. The maximum absolute atomic E-state index is 14.5. The molecule has 0 aliphatic carbocycles. The van der Waals surface area contributed by atoms with E-state index in [-0.39, 0.29) is 64.0 Å². The van der Waals surface area contributed by atoms with Gasteiger partial charge in [0, 0.05) is 79.1 Å². The number of hydrogen-bond donors (Lipinski definition) is 6. The lowest BCUT2D eigenvalue weighted by molar-refractivity contribution is -0.926. The lowest BCUT2D eigenvalue weighted by atomic mass is 9.96. The van der Waals surface area contributed by atoms with Gasteiger partial charge in [-0.1, -0.05) is 86.1 Å². The summed E-state index contributed by atoms with van der Waals surface area (Å²) in [6.07, 6.45) is 4.11. The Morgan fingerprint density at radius 1 is 0.804 bits per heavy atom. The summed E-state index contributed by atoms with van der Waals surface area (Å²) in [6.45, 7) is 10.6. The molecule has 2 aliphatic heterocycles. The van der Waals surface area contributed by atoms with Crippen LogP contribution in [0.5, 0.6) is 23.1 Å². The van der Waals surface area contributed by atoms with Gasteiger partial charge in [0.25, 0.3) is 11.8 Å². The maximum Gasteiger partial charge on any atom is 0.345 e. The largest absolute Gasteiger partial charge is 0.496 e. The van der Waals surface area contributed by atoms with Gasteiger partial charge >= 0.3 is 12.0 Å². The number of thiophene rings is 1. The Bertz CT molecular complexity index is 4350. The van der Waals surface area contributed by atoms with Crippen molar-refractivity contribution in [3.8, 4) is 56.1 Å². The van der Waals surface area contributed by atoms with Crippen LogP contribution in [0, 0.1) is 18.7 Å². The number of rotatable bonds is 34. The highest BCUT2D eigenvalue weighted by molar-refractivity contribution is 7.22. The van der Waals surface area contributed by atoms with E-state index in [0.717, 1.165) is 47.7 Å². The molecule has 28 heteroatoms. The van der Waals surface area contributed by atoms with Crippen LogP contribution in [0.25, 0.3) is 43.2 Å². The summed E-state index contributed by atoms with van der Waals surface area (Å²) in [5.74, 6) is -2.43. The number of carboxylic acid groups (broad SMARTS) is 1. The van der Waals surface area contributed by atoms with Crippen molar-refractivity contribution in [3.63, 3.8) is 0 Å². The minimum absolute atomic E-state index is 0.0229. The SMILES string of the molecule is COc1ccccc1-c1nccc(COc2ccccc2C[C@@H](Oc2ncnc3sc(-c4ccc(F)cc4)c(-c4ccc(OCCN5CC[N+](C)(Cc6ccc(NC(=O)C(CCCNC(N)=O)NC(=O)C(NC(=O)CCOCCN7C(=O)C=CC7=O)C(C)C)cc6)CC5)c(Cl)c4C)c23)C(=O)O)n1. The van der Waals surface area contributed by atoms with Gasteiger partial charge in [-0.25, -0.2) is 33.9 Å². The van der Waals surface area contributed by atoms with E-state index in [9.17, 15) is 43.1 Å². The summed E-state index contributed by atoms with van der Waals surface area (Å²) in [5, 5.41) is 22.6. The number of ether oxygens (including phenoxy) is 5. The zero-order valence-corrected chi connectivity index (χ0v) is 58.7. The Morgan fingerprint density at radius 2 is 1.53 bits per heavy atom. The Hall–Kier alpha value is -10.5. The van der Waals surface area contributed by atoms with Crippen LogP contribution in [0.2, 0.25) is 5.02 Å². The molecule has 7 N–H and O–H groups in total. The number of benzene rings is 5.